The van der Waals surface area contributed by atoms with Gasteiger partial charge in [0.2, 0.25) is 5.91 Å². The third-order valence-electron chi connectivity index (χ3n) is 3.51. The van der Waals surface area contributed by atoms with E-state index in [4.69, 9.17) is 9.84 Å². The van der Waals surface area contributed by atoms with Crippen molar-refractivity contribution >= 4 is 11.9 Å². The fraction of sp³-hybridized carbons (Fsp3) is 0.833. The molecule has 1 heterocycles. The first-order chi connectivity index (χ1) is 8.13. The summed E-state index contributed by atoms with van der Waals surface area (Å²) in [5, 5.41) is 8.97. The zero-order chi connectivity index (χ0) is 12.4. The smallest absolute Gasteiger partial charge is 0.308 e. The zero-order valence-corrected chi connectivity index (χ0v) is 10.1. The minimum Gasteiger partial charge on any atom is -0.481 e. The number of hydrogen-bond acceptors (Lipinski definition) is 3. The number of carboxylic acids is 1. The van der Waals surface area contributed by atoms with Gasteiger partial charge < -0.3 is 14.7 Å². The van der Waals surface area contributed by atoms with Gasteiger partial charge in [-0.05, 0) is 26.2 Å². The lowest BCUT2D eigenvalue weighted by Crippen LogP contribution is -2.43. The van der Waals surface area contributed by atoms with Crippen molar-refractivity contribution in [1.29, 1.82) is 0 Å². The van der Waals surface area contributed by atoms with Crippen LogP contribution in [0.3, 0.4) is 0 Å². The van der Waals surface area contributed by atoms with Crippen molar-refractivity contribution in [3.05, 3.63) is 0 Å². The van der Waals surface area contributed by atoms with Crippen molar-refractivity contribution in [2.24, 2.45) is 11.8 Å². The molecule has 1 aliphatic heterocycles. The molecule has 5 nitrogen and oxygen atoms in total. The number of ether oxygens (including phenoxy) is 1. The highest BCUT2D eigenvalue weighted by Gasteiger charge is 2.46. The monoisotopic (exact) mass is 241 g/mol. The van der Waals surface area contributed by atoms with Gasteiger partial charge in [0, 0.05) is 19.7 Å². The van der Waals surface area contributed by atoms with Gasteiger partial charge in [-0.25, -0.2) is 0 Å². The topological polar surface area (TPSA) is 66.8 Å². The molecule has 3 atom stereocenters. The predicted molar refractivity (Wildman–Crippen MR) is 60.5 cm³/mol. The van der Waals surface area contributed by atoms with Crippen molar-refractivity contribution in [3.8, 4) is 0 Å². The zero-order valence-electron chi connectivity index (χ0n) is 10.1. The number of carbonyl (C=O) groups is 2. The Morgan fingerprint density at radius 3 is 2.88 bits per heavy atom. The molecule has 2 fully saturated rings. The van der Waals surface area contributed by atoms with Crippen LogP contribution in [0.25, 0.3) is 0 Å². The van der Waals surface area contributed by atoms with Crippen molar-refractivity contribution in [2.75, 3.05) is 19.7 Å². The van der Waals surface area contributed by atoms with Crippen LogP contribution in [-0.4, -0.2) is 47.7 Å². The van der Waals surface area contributed by atoms with Gasteiger partial charge in [-0.3, -0.25) is 9.59 Å². The molecule has 1 amide bonds. The van der Waals surface area contributed by atoms with Gasteiger partial charge in [-0.2, -0.15) is 0 Å². The summed E-state index contributed by atoms with van der Waals surface area (Å²) in [5.74, 6) is -1.13. The summed E-state index contributed by atoms with van der Waals surface area (Å²) >= 11 is 0. The van der Waals surface area contributed by atoms with E-state index in [0.717, 1.165) is 12.8 Å². The first kappa shape index (κ1) is 12.4. The number of aliphatic carboxylic acids is 1. The molecular formula is C12H19NO4. The molecule has 5 heteroatoms. The lowest BCUT2D eigenvalue weighted by atomic mass is 9.98. The number of amides is 1. The number of hydrogen-bond donors (Lipinski definition) is 1. The molecule has 1 saturated heterocycles. The second-order valence-corrected chi connectivity index (χ2v) is 4.80. The summed E-state index contributed by atoms with van der Waals surface area (Å²) in [6, 6.07) is 0. The Morgan fingerprint density at radius 2 is 2.24 bits per heavy atom. The number of nitrogens with zero attached hydrogens (tertiary/aromatic N) is 1. The molecule has 0 aromatic rings. The van der Waals surface area contributed by atoms with E-state index in [9.17, 15) is 9.59 Å². The molecule has 0 bridgehead atoms. The molecule has 2 rings (SSSR count). The highest BCUT2D eigenvalue weighted by molar-refractivity contribution is 5.83. The van der Waals surface area contributed by atoms with Gasteiger partial charge in [0.15, 0.2) is 0 Å². The quantitative estimate of drug-likeness (QED) is 0.788. The number of rotatable bonds is 4. The van der Waals surface area contributed by atoms with E-state index < -0.39 is 11.9 Å². The van der Waals surface area contributed by atoms with Crippen LogP contribution in [0, 0.1) is 11.8 Å². The lowest BCUT2D eigenvalue weighted by molar-refractivity contribution is -0.146. The van der Waals surface area contributed by atoms with E-state index in [-0.39, 0.29) is 17.9 Å². The van der Waals surface area contributed by atoms with E-state index >= 15 is 0 Å². The molecule has 2 aliphatic rings. The SMILES string of the molecule is CCO[C@@H]1C[C@@H]1C(=O)N1CCC[C@@H](C(=O)O)C1. The molecule has 0 unspecified atom stereocenters. The molecule has 0 aromatic heterocycles. The Bertz CT molecular complexity index is 318. The van der Waals surface area contributed by atoms with Crippen molar-refractivity contribution in [2.45, 2.75) is 32.3 Å². The lowest BCUT2D eigenvalue weighted by Gasteiger charge is -2.30. The van der Waals surface area contributed by atoms with Gasteiger partial charge in [0.25, 0.3) is 0 Å². The molecule has 96 valence electrons. The Hall–Kier alpha value is -1.10. The number of carboxylic acid groups (broad SMARTS) is 1. The summed E-state index contributed by atoms with van der Waals surface area (Å²) in [4.78, 5) is 24.7. The fourth-order valence-corrected chi connectivity index (χ4v) is 2.44. The van der Waals surface area contributed by atoms with Crippen LogP contribution in [0.2, 0.25) is 0 Å². The van der Waals surface area contributed by atoms with Crippen LogP contribution in [-0.2, 0) is 14.3 Å². The number of piperidine rings is 1. The van der Waals surface area contributed by atoms with E-state index in [0.29, 0.717) is 26.1 Å². The van der Waals surface area contributed by atoms with Gasteiger partial charge in [-0.15, -0.1) is 0 Å². The summed E-state index contributed by atoms with van der Waals surface area (Å²) in [7, 11) is 0. The first-order valence-corrected chi connectivity index (χ1v) is 6.26. The second kappa shape index (κ2) is 5.04. The molecule has 1 saturated carbocycles. The Morgan fingerprint density at radius 1 is 1.47 bits per heavy atom. The maximum atomic E-state index is 12.1. The summed E-state index contributed by atoms with van der Waals surface area (Å²) in [5.41, 5.74) is 0. The van der Waals surface area contributed by atoms with Crippen LogP contribution in [0.5, 0.6) is 0 Å². The maximum absolute atomic E-state index is 12.1. The minimum absolute atomic E-state index is 0.0255. The molecule has 17 heavy (non-hydrogen) atoms. The van der Waals surface area contributed by atoms with E-state index in [2.05, 4.69) is 0 Å². The summed E-state index contributed by atoms with van der Waals surface area (Å²) < 4.78 is 5.39. The molecule has 0 radical (unpaired) electrons. The van der Waals surface area contributed by atoms with E-state index in [1.165, 1.54) is 0 Å². The normalized spacial score (nSPS) is 32.3. The summed E-state index contributed by atoms with van der Waals surface area (Å²) in [6.07, 6.45) is 2.33. The predicted octanol–water partition coefficient (Wildman–Crippen LogP) is 0.735. The van der Waals surface area contributed by atoms with E-state index in [1.807, 2.05) is 6.92 Å². The average Bonchev–Trinajstić information content (AvgIpc) is 3.08. The van der Waals surface area contributed by atoms with Gasteiger partial charge >= 0.3 is 5.97 Å². The van der Waals surface area contributed by atoms with Gasteiger partial charge in [0.05, 0.1) is 17.9 Å². The third-order valence-corrected chi connectivity index (χ3v) is 3.51. The Labute approximate surface area is 101 Å². The largest absolute Gasteiger partial charge is 0.481 e. The van der Waals surface area contributed by atoms with Crippen LogP contribution in [0.15, 0.2) is 0 Å². The highest BCUT2D eigenvalue weighted by atomic mass is 16.5. The fourth-order valence-electron chi connectivity index (χ4n) is 2.44. The number of likely N-dealkylation sites (tertiary alicyclic amines) is 1. The highest BCUT2D eigenvalue weighted by Crippen LogP contribution is 2.36. The van der Waals surface area contributed by atoms with Crippen molar-refractivity contribution in [3.63, 3.8) is 0 Å². The Kier molecular flexibility index (Phi) is 3.66. The van der Waals surface area contributed by atoms with Gasteiger partial charge in [-0.1, -0.05) is 0 Å². The van der Waals surface area contributed by atoms with E-state index in [1.54, 1.807) is 4.90 Å². The Balaban J connectivity index is 1.86. The molecule has 0 aromatic carbocycles. The van der Waals surface area contributed by atoms with Crippen LogP contribution in [0.1, 0.15) is 26.2 Å². The standard InChI is InChI=1S/C12H19NO4/c1-2-17-10-6-9(10)11(14)13-5-3-4-8(7-13)12(15)16/h8-10H,2-7H2,1H3,(H,15,16)/t8-,9+,10-/m1/s1. The maximum Gasteiger partial charge on any atom is 0.308 e. The van der Waals surface area contributed by atoms with Crippen molar-refractivity contribution in [1.82, 2.24) is 4.90 Å². The molecule has 1 aliphatic carbocycles. The second-order valence-electron chi connectivity index (χ2n) is 4.80. The van der Waals surface area contributed by atoms with Crippen LogP contribution >= 0.6 is 0 Å². The minimum atomic E-state index is -0.792. The molecule has 1 N–H and O–H groups in total. The van der Waals surface area contributed by atoms with Crippen LogP contribution < -0.4 is 0 Å². The van der Waals surface area contributed by atoms with Crippen molar-refractivity contribution < 1.29 is 19.4 Å². The molecule has 0 spiro atoms. The van der Waals surface area contributed by atoms with Gasteiger partial charge in [0.1, 0.15) is 0 Å². The molecular weight excluding hydrogens is 222 g/mol. The van der Waals surface area contributed by atoms with Crippen LogP contribution in [0.4, 0.5) is 0 Å². The first-order valence-electron chi connectivity index (χ1n) is 6.26. The number of carbonyl (C=O) groups excluding carboxylic acids is 1. The average molecular weight is 241 g/mol. The third kappa shape index (κ3) is 2.77. The summed E-state index contributed by atoms with van der Waals surface area (Å²) in [6.45, 7) is 3.61.